The van der Waals surface area contributed by atoms with E-state index in [1.54, 1.807) is 0 Å². The minimum Gasteiger partial charge on any atom is -0.313 e. The minimum absolute atomic E-state index is 0.716. The first-order valence-electron chi connectivity index (χ1n) is 5.75. The molecule has 2 aliphatic heterocycles. The van der Waals surface area contributed by atoms with Gasteiger partial charge in [0.05, 0.1) is 0 Å². The molecule has 0 bridgehead atoms. The number of nitrogens with zero attached hydrogens (tertiary/aromatic N) is 1. The fourth-order valence-corrected chi connectivity index (χ4v) is 2.70. The Bertz CT molecular complexity index is 161. The third kappa shape index (κ3) is 2.05. The van der Waals surface area contributed by atoms with Gasteiger partial charge in [-0.1, -0.05) is 6.92 Å². The van der Waals surface area contributed by atoms with E-state index in [1.807, 2.05) is 0 Å². The summed E-state index contributed by atoms with van der Waals surface area (Å²) in [7, 11) is 0. The topological polar surface area (TPSA) is 15.3 Å². The van der Waals surface area contributed by atoms with Crippen LogP contribution in [-0.4, -0.2) is 36.6 Å². The van der Waals surface area contributed by atoms with Crippen LogP contribution in [0.1, 0.15) is 33.1 Å². The van der Waals surface area contributed by atoms with Gasteiger partial charge in [0.1, 0.15) is 0 Å². The summed E-state index contributed by atoms with van der Waals surface area (Å²) in [6.45, 7) is 8.59. The summed E-state index contributed by atoms with van der Waals surface area (Å²) >= 11 is 0. The zero-order chi connectivity index (χ0) is 9.26. The Labute approximate surface area is 81.7 Å². The van der Waals surface area contributed by atoms with E-state index in [4.69, 9.17) is 0 Å². The van der Waals surface area contributed by atoms with E-state index in [0.717, 1.165) is 12.0 Å². The van der Waals surface area contributed by atoms with Crippen LogP contribution in [0.5, 0.6) is 0 Å². The maximum atomic E-state index is 3.54. The lowest BCUT2D eigenvalue weighted by Gasteiger charge is -2.36. The normalized spacial score (nSPS) is 38.3. The van der Waals surface area contributed by atoms with Crippen LogP contribution in [0.15, 0.2) is 0 Å². The monoisotopic (exact) mass is 182 g/mol. The molecule has 0 radical (unpaired) electrons. The molecule has 0 amide bonds. The maximum absolute atomic E-state index is 3.54. The Morgan fingerprint density at radius 2 is 1.77 bits per heavy atom. The number of likely N-dealkylation sites (tertiary alicyclic amines) is 1. The van der Waals surface area contributed by atoms with Crippen molar-refractivity contribution in [1.29, 1.82) is 0 Å². The van der Waals surface area contributed by atoms with Gasteiger partial charge in [0.2, 0.25) is 0 Å². The van der Waals surface area contributed by atoms with E-state index in [0.29, 0.717) is 6.04 Å². The Balaban J connectivity index is 1.86. The number of nitrogens with one attached hydrogen (secondary N) is 1. The van der Waals surface area contributed by atoms with Crippen molar-refractivity contribution >= 4 is 0 Å². The van der Waals surface area contributed by atoms with Crippen LogP contribution in [0.3, 0.4) is 0 Å². The zero-order valence-electron chi connectivity index (χ0n) is 8.92. The predicted molar refractivity (Wildman–Crippen MR) is 55.8 cm³/mol. The molecule has 76 valence electrons. The van der Waals surface area contributed by atoms with Gasteiger partial charge >= 0.3 is 0 Å². The lowest BCUT2D eigenvalue weighted by atomic mass is 9.96. The first-order valence-corrected chi connectivity index (χ1v) is 5.75. The van der Waals surface area contributed by atoms with Gasteiger partial charge < -0.3 is 5.32 Å². The number of hydrogen-bond acceptors (Lipinski definition) is 2. The molecule has 0 aliphatic carbocycles. The highest BCUT2D eigenvalue weighted by atomic mass is 15.2. The second-order valence-electron chi connectivity index (χ2n) is 4.82. The van der Waals surface area contributed by atoms with Crippen molar-refractivity contribution < 1.29 is 0 Å². The highest BCUT2D eigenvalue weighted by Gasteiger charge is 2.30. The molecule has 2 fully saturated rings. The highest BCUT2D eigenvalue weighted by Crippen LogP contribution is 2.22. The summed E-state index contributed by atoms with van der Waals surface area (Å²) in [6, 6.07) is 1.54. The second kappa shape index (κ2) is 3.97. The predicted octanol–water partition coefficient (Wildman–Crippen LogP) is 1.47. The number of piperidine rings is 1. The van der Waals surface area contributed by atoms with Gasteiger partial charge in [0, 0.05) is 12.1 Å². The summed E-state index contributed by atoms with van der Waals surface area (Å²) in [5.74, 6) is 0.959. The van der Waals surface area contributed by atoms with Gasteiger partial charge in [0.15, 0.2) is 0 Å². The lowest BCUT2D eigenvalue weighted by molar-refractivity contribution is 0.131. The smallest absolute Gasteiger partial charge is 0.0258 e. The van der Waals surface area contributed by atoms with Crippen LogP contribution >= 0.6 is 0 Å². The molecular weight excluding hydrogens is 160 g/mol. The van der Waals surface area contributed by atoms with Crippen molar-refractivity contribution in [2.24, 2.45) is 5.92 Å². The fraction of sp³-hybridized carbons (Fsp3) is 1.00. The summed E-state index contributed by atoms with van der Waals surface area (Å²) in [6.07, 6.45) is 4.17. The second-order valence-corrected chi connectivity index (χ2v) is 4.82. The van der Waals surface area contributed by atoms with Gasteiger partial charge in [-0.05, 0) is 51.7 Å². The van der Waals surface area contributed by atoms with Crippen molar-refractivity contribution in [1.82, 2.24) is 10.2 Å². The largest absolute Gasteiger partial charge is 0.313 e. The minimum atomic E-state index is 0.716. The molecule has 1 N–H and O–H groups in total. The standard InChI is InChI=1S/C11H22N2/c1-9-4-7-13(8-5-9)11-3-6-12-10(11)2/h9-12H,3-8H2,1-2H3/t10-,11+/m0/s1. The molecule has 2 aliphatic rings. The molecule has 0 unspecified atom stereocenters. The van der Waals surface area contributed by atoms with E-state index < -0.39 is 0 Å². The molecule has 0 aromatic carbocycles. The molecule has 0 aromatic heterocycles. The molecule has 2 rings (SSSR count). The van der Waals surface area contributed by atoms with Gasteiger partial charge in [-0.3, -0.25) is 4.90 Å². The first-order chi connectivity index (χ1) is 6.27. The quantitative estimate of drug-likeness (QED) is 0.660. The number of rotatable bonds is 1. The van der Waals surface area contributed by atoms with Crippen LogP contribution in [0.25, 0.3) is 0 Å². The zero-order valence-corrected chi connectivity index (χ0v) is 8.92. The van der Waals surface area contributed by atoms with Crippen molar-refractivity contribution in [2.75, 3.05) is 19.6 Å². The number of hydrogen-bond donors (Lipinski definition) is 1. The van der Waals surface area contributed by atoms with E-state index in [1.165, 1.54) is 38.9 Å². The van der Waals surface area contributed by atoms with Crippen LogP contribution in [0.4, 0.5) is 0 Å². The van der Waals surface area contributed by atoms with Crippen LogP contribution in [0, 0.1) is 5.92 Å². The van der Waals surface area contributed by atoms with Crippen molar-refractivity contribution in [3.8, 4) is 0 Å². The average Bonchev–Trinajstić information content (AvgIpc) is 2.53. The SMILES string of the molecule is CC1CCN([C@@H]2CCN[C@H]2C)CC1. The summed E-state index contributed by atoms with van der Waals surface area (Å²) in [5, 5.41) is 3.54. The molecule has 2 nitrogen and oxygen atoms in total. The third-order valence-electron chi connectivity index (χ3n) is 3.77. The molecule has 2 atom stereocenters. The summed E-state index contributed by atoms with van der Waals surface area (Å²) < 4.78 is 0. The molecule has 2 saturated heterocycles. The maximum Gasteiger partial charge on any atom is 0.0258 e. The Morgan fingerprint density at radius 3 is 2.31 bits per heavy atom. The van der Waals surface area contributed by atoms with E-state index in [-0.39, 0.29) is 0 Å². The van der Waals surface area contributed by atoms with Gasteiger partial charge in [-0.15, -0.1) is 0 Å². The van der Waals surface area contributed by atoms with Crippen LogP contribution < -0.4 is 5.32 Å². The molecular formula is C11H22N2. The van der Waals surface area contributed by atoms with Gasteiger partial charge in [-0.25, -0.2) is 0 Å². The lowest BCUT2D eigenvalue weighted by Crippen LogP contribution is -2.45. The molecule has 0 saturated carbocycles. The van der Waals surface area contributed by atoms with Crippen molar-refractivity contribution in [2.45, 2.75) is 45.2 Å². The molecule has 0 aromatic rings. The van der Waals surface area contributed by atoms with E-state index >= 15 is 0 Å². The van der Waals surface area contributed by atoms with E-state index in [2.05, 4.69) is 24.1 Å². The Morgan fingerprint density at radius 1 is 1.08 bits per heavy atom. The van der Waals surface area contributed by atoms with Crippen LogP contribution in [-0.2, 0) is 0 Å². The molecule has 0 spiro atoms. The molecule has 2 heteroatoms. The van der Waals surface area contributed by atoms with Gasteiger partial charge in [-0.2, -0.15) is 0 Å². The molecule has 13 heavy (non-hydrogen) atoms. The van der Waals surface area contributed by atoms with Crippen LogP contribution in [0.2, 0.25) is 0 Å². The fourth-order valence-electron chi connectivity index (χ4n) is 2.70. The average molecular weight is 182 g/mol. The summed E-state index contributed by atoms with van der Waals surface area (Å²) in [4.78, 5) is 2.70. The van der Waals surface area contributed by atoms with Gasteiger partial charge in [0.25, 0.3) is 0 Å². The van der Waals surface area contributed by atoms with Crippen molar-refractivity contribution in [3.63, 3.8) is 0 Å². The first kappa shape index (κ1) is 9.47. The molecule has 2 heterocycles. The Hall–Kier alpha value is -0.0800. The third-order valence-corrected chi connectivity index (χ3v) is 3.77. The highest BCUT2D eigenvalue weighted by molar-refractivity contribution is 4.89. The Kier molecular flexibility index (Phi) is 2.89. The van der Waals surface area contributed by atoms with Crippen molar-refractivity contribution in [3.05, 3.63) is 0 Å². The summed E-state index contributed by atoms with van der Waals surface area (Å²) in [5.41, 5.74) is 0. The van der Waals surface area contributed by atoms with E-state index in [9.17, 15) is 0 Å².